The highest BCUT2D eigenvalue weighted by molar-refractivity contribution is 7.16. The Morgan fingerprint density at radius 2 is 2.15 bits per heavy atom. The maximum Gasteiger partial charge on any atom is 0.256 e. The molecule has 2 heterocycles. The highest BCUT2D eigenvalue weighted by atomic mass is 32.1. The van der Waals surface area contributed by atoms with Gasteiger partial charge in [-0.05, 0) is 55.4 Å². The minimum absolute atomic E-state index is 0.0118. The van der Waals surface area contributed by atoms with E-state index in [2.05, 4.69) is 17.6 Å². The Bertz CT molecular complexity index is 846. The van der Waals surface area contributed by atoms with E-state index in [1.54, 1.807) is 29.5 Å². The smallest absolute Gasteiger partial charge is 0.256 e. The molecular formula is C20H24N2O3S. The number of carbonyl (C=O) groups excluding carboxylic acids is 1. The topological polar surface area (TPSA) is 70.6 Å². The number of thiophene rings is 1. The van der Waals surface area contributed by atoms with E-state index >= 15 is 0 Å². The number of ether oxygens (including phenoxy) is 1. The molecule has 0 unspecified atom stereocenters. The molecule has 26 heavy (non-hydrogen) atoms. The van der Waals surface area contributed by atoms with E-state index in [0.29, 0.717) is 12.4 Å². The van der Waals surface area contributed by atoms with Gasteiger partial charge in [-0.3, -0.25) is 4.79 Å². The fourth-order valence-corrected chi connectivity index (χ4v) is 5.25. The summed E-state index contributed by atoms with van der Waals surface area (Å²) in [7, 11) is 0. The number of benzene rings is 1. The van der Waals surface area contributed by atoms with E-state index in [1.165, 1.54) is 23.3 Å². The molecule has 6 heteroatoms. The summed E-state index contributed by atoms with van der Waals surface area (Å²) < 4.78 is 5.47. The van der Waals surface area contributed by atoms with Crippen LogP contribution in [0.5, 0.6) is 11.5 Å². The Hall–Kier alpha value is -2.21. The Balaban J connectivity index is 1.64. The monoisotopic (exact) mass is 372 g/mol. The van der Waals surface area contributed by atoms with E-state index in [-0.39, 0.29) is 17.8 Å². The van der Waals surface area contributed by atoms with Crippen LogP contribution in [-0.2, 0) is 12.8 Å². The normalized spacial score (nSPS) is 21.4. The lowest BCUT2D eigenvalue weighted by molar-refractivity contribution is 0.0935. The molecule has 1 aromatic heterocycles. The standard InChI is InChI=1S/C20H24N2O3S/c1-3-11-5-7-13-16(9-11)26-20-17(13)19(24)21-18(22-20)12-6-8-14(23)15(10-12)25-4-2/h6,8,10-11,18,22-23H,3-5,7,9H2,1-2H3,(H,21,24)/t11-,18+/m1/s1. The molecule has 2 aliphatic rings. The zero-order valence-electron chi connectivity index (χ0n) is 15.1. The molecule has 0 bridgehead atoms. The van der Waals surface area contributed by atoms with E-state index in [1.807, 2.05) is 6.92 Å². The van der Waals surface area contributed by atoms with Crippen LogP contribution >= 0.6 is 11.3 Å². The zero-order valence-corrected chi connectivity index (χ0v) is 15.9. The van der Waals surface area contributed by atoms with Crippen LogP contribution in [0.15, 0.2) is 18.2 Å². The molecule has 0 saturated heterocycles. The van der Waals surface area contributed by atoms with E-state index in [9.17, 15) is 9.90 Å². The number of hydrogen-bond donors (Lipinski definition) is 3. The number of rotatable bonds is 4. The van der Waals surface area contributed by atoms with Gasteiger partial charge in [-0.1, -0.05) is 19.4 Å². The number of phenols is 1. The summed E-state index contributed by atoms with van der Waals surface area (Å²) in [6, 6.07) is 5.19. The van der Waals surface area contributed by atoms with Crippen molar-refractivity contribution in [1.29, 1.82) is 0 Å². The van der Waals surface area contributed by atoms with E-state index in [4.69, 9.17) is 4.74 Å². The third-order valence-electron chi connectivity index (χ3n) is 5.34. The van der Waals surface area contributed by atoms with Crippen LogP contribution < -0.4 is 15.4 Å². The number of carbonyl (C=O) groups is 1. The summed E-state index contributed by atoms with van der Waals surface area (Å²) in [6.45, 7) is 4.59. The van der Waals surface area contributed by atoms with Crippen LogP contribution in [0.1, 0.15) is 59.2 Å². The second-order valence-electron chi connectivity index (χ2n) is 6.94. The molecule has 3 N–H and O–H groups in total. The predicted molar refractivity (Wildman–Crippen MR) is 103 cm³/mol. The van der Waals surface area contributed by atoms with E-state index in [0.717, 1.165) is 34.9 Å². The molecule has 0 fully saturated rings. The van der Waals surface area contributed by atoms with Crippen LogP contribution in [-0.4, -0.2) is 17.6 Å². The van der Waals surface area contributed by atoms with Gasteiger partial charge in [0.2, 0.25) is 0 Å². The third-order valence-corrected chi connectivity index (χ3v) is 6.53. The number of anilines is 1. The molecule has 1 aliphatic heterocycles. The number of fused-ring (bicyclic) bond motifs is 3. The lowest BCUT2D eigenvalue weighted by Gasteiger charge is -2.27. The molecular weight excluding hydrogens is 348 g/mol. The van der Waals surface area contributed by atoms with Crippen molar-refractivity contribution in [3.8, 4) is 11.5 Å². The number of aromatic hydroxyl groups is 1. The number of nitrogens with one attached hydrogen (secondary N) is 2. The number of amides is 1. The molecule has 0 saturated carbocycles. The molecule has 1 aliphatic carbocycles. The van der Waals surface area contributed by atoms with Crippen molar-refractivity contribution in [3.05, 3.63) is 39.8 Å². The first-order valence-corrected chi connectivity index (χ1v) is 10.1. The first-order valence-electron chi connectivity index (χ1n) is 9.28. The van der Waals surface area contributed by atoms with Crippen molar-refractivity contribution in [2.75, 3.05) is 11.9 Å². The maximum absolute atomic E-state index is 12.8. The van der Waals surface area contributed by atoms with Gasteiger partial charge < -0.3 is 20.5 Å². The van der Waals surface area contributed by atoms with Gasteiger partial charge in [0.05, 0.1) is 12.2 Å². The predicted octanol–water partition coefficient (Wildman–Crippen LogP) is 4.22. The average molecular weight is 372 g/mol. The molecule has 2 atom stereocenters. The molecule has 0 radical (unpaired) electrons. The van der Waals surface area contributed by atoms with Gasteiger partial charge >= 0.3 is 0 Å². The summed E-state index contributed by atoms with van der Waals surface area (Å²) in [4.78, 5) is 14.2. The SMILES string of the molecule is CCOc1cc([C@H]2NC(=O)c3c(sc4c3CC[C@@H](CC)C4)N2)ccc1O. The lowest BCUT2D eigenvalue weighted by Crippen LogP contribution is -2.38. The first-order chi connectivity index (χ1) is 12.6. The molecule has 1 amide bonds. The second kappa shape index (κ2) is 6.83. The van der Waals surface area contributed by atoms with Gasteiger partial charge in [0.15, 0.2) is 11.5 Å². The molecule has 1 aromatic carbocycles. The summed E-state index contributed by atoms with van der Waals surface area (Å²) >= 11 is 1.72. The molecule has 0 spiro atoms. The van der Waals surface area contributed by atoms with Crippen LogP contribution in [0.25, 0.3) is 0 Å². The Kier molecular flexibility index (Phi) is 4.53. The van der Waals surface area contributed by atoms with Gasteiger partial charge in [-0.25, -0.2) is 0 Å². The average Bonchev–Trinajstić information content (AvgIpc) is 3.01. The van der Waals surface area contributed by atoms with Gasteiger partial charge in [0.1, 0.15) is 11.2 Å². The van der Waals surface area contributed by atoms with Gasteiger partial charge in [0.25, 0.3) is 5.91 Å². The van der Waals surface area contributed by atoms with Gasteiger partial charge in [-0.2, -0.15) is 0 Å². The minimum Gasteiger partial charge on any atom is -0.504 e. The quantitative estimate of drug-likeness (QED) is 0.751. The molecule has 138 valence electrons. The number of hydrogen-bond acceptors (Lipinski definition) is 5. The van der Waals surface area contributed by atoms with Crippen molar-refractivity contribution in [2.24, 2.45) is 5.92 Å². The van der Waals surface area contributed by atoms with Gasteiger partial charge in [0, 0.05) is 4.88 Å². The van der Waals surface area contributed by atoms with E-state index < -0.39 is 0 Å². The van der Waals surface area contributed by atoms with Crippen LogP contribution in [0.3, 0.4) is 0 Å². The lowest BCUT2D eigenvalue weighted by atomic mass is 9.85. The fraction of sp³-hybridized carbons (Fsp3) is 0.450. The molecule has 5 nitrogen and oxygen atoms in total. The summed E-state index contributed by atoms with van der Waals surface area (Å²) in [6.07, 6.45) is 4.11. The molecule has 4 rings (SSSR count). The third kappa shape index (κ3) is 2.92. The van der Waals surface area contributed by atoms with Crippen LogP contribution in [0.2, 0.25) is 0 Å². The van der Waals surface area contributed by atoms with Crippen molar-refractivity contribution >= 4 is 22.2 Å². The second-order valence-corrected chi connectivity index (χ2v) is 8.04. The summed E-state index contributed by atoms with van der Waals surface area (Å²) in [5, 5.41) is 17.4. The Morgan fingerprint density at radius 3 is 2.92 bits per heavy atom. The zero-order chi connectivity index (χ0) is 18.3. The summed E-state index contributed by atoms with van der Waals surface area (Å²) in [5.41, 5.74) is 2.93. The van der Waals surface area contributed by atoms with Crippen molar-refractivity contribution < 1.29 is 14.6 Å². The Labute approximate surface area is 157 Å². The minimum atomic E-state index is -0.322. The van der Waals surface area contributed by atoms with Crippen LogP contribution in [0, 0.1) is 5.92 Å². The van der Waals surface area contributed by atoms with Crippen LogP contribution in [0.4, 0.5) is 5.00 Å². The number of phenolic OH excluding ortho intramolecular Hbond substituents is 1. The maximum atomic E-state index is 12.8. The van der Waals surface area contributed by atoms with Crippen molar-refractivity contribution in [3.63, 3.8) is 0 Å². The molecule has 2 aromatic rings. The largest absolute Gasteiger partial charge is 0.504 e. The fourth-order valence-electron chi connectivity index (χ4n) is 3.86. The highest BCUT2D eigenvalue weighted by Crippen LogP contribution is 2.43. The first kappa shape index (κ1) is 17.2. The Morgan fingerprint density at radius 1 is 1.31 bits per heavy atom. The van der Waals surface area contributed by atoms with Gasteiger partial charge in [-0.15, -0.1) is 11.3 Å². The highest BCUT2D eigenvalue weighted by Gasteiger charge is 2.33. The van der Waals surface area contributed by atoms with Crippen molar-refractivity contribution in [1.82, 2.24) is 5.32 Å². The summed E-state index contributed by atoms with van der Waals surface area (Å²) in [5.74, 6) is 1.26. The van der Waals surface area contributed by atoms with Crippen molar-refractivity contribution in [2.45, 2.75) is 45.7 Å².